The van der Waals surface area contributed by atoms with Crippen molar-refractivity contribution in [2.45, 2.75) is 70.9 Å². The average Bonchev–Trinajstić information content (AvgIpc) is 2.88. The summed E-state index contributed by atoms with van der Waals surface area (Å²) in [5.74, 6) is 1.84. The van der Waals surface area contributed by atoms with Crippen molar-refractivity contribution in [3.8, 4) is 0 Å². The van der Waals surface area contributed by atoms with Gasteiger partial charge >= 0.3 is 0 Å². The van der Waals surface area contributed by atoms with Crippen molar-refractivity contribution in [3.63, 3.8) is 0 Å². The predicted molar refractivity (Wildman–Crippen MR) is 88.1 cm³/mol. The summed E-state index contributed by atoms with van der Waals surface area (Å²) in [5.41, 5.74) is 0. The fourth-order valence-corrected chi connectivity index (χ4v) is 4.30. The van der Waals surface area contributed by atoms with E-state index in [0.29, 0.717) is 17.4 Å². The van der Waals surface area contributed by atoms with E-state index in [-0.39, 0.29) is 5.91 Å². The molecule has 2 atom stereocenters. The number of carbonyl (C=O) groups excluding carboxylic acids is 1. The largest absolute Gasteiger partial charge is 0.338 e. The Morgan fingerprint density at radius 3 is 2.91 bits per heavy atom. The maximum absolute atomic E-state index is 12.8. The molecule has 1 aliphatic heterocycles. The molecule has 1 aromatic heterocycles. The Bertz CT molecular complexity index is 577. The van der Waals surface area contributed by atoms with Crippen LogP contribution in [0.2, 0.25) is 0 Å². The van der Waals surface area contributed by atoms with Crippen molar-refractivity contribution in [1.82, 2.24) is 19.7 Å². The van der Waals surface area contributed by atoms with E-state index in [1.807, 2.05) is 4.57 Å². The fraction of sp³-hybridized carbons (Fsp3) is 0.812. The number of rotatable bonds is 4. The van der Waals surface area contributed by atoms with E-state index in [9.17, 15) is 4.79 Å². The molecular formula is C16H26N4OS. The average molecular weight is 322 g/mol. The van der Waals surface area contributed by atoms with Crippen LogP contribution in [-0.4, -0.2) is 38.2 Å². The third-order valence-corrected chi connectivity index (χ3v) is 5.48. The molecule has 3 rings (SSSR count). The molecule has 0 radical (unpaired) electrons. The number of nitrogens with zero attached hydrogens (tertiary/aromatic N) is 3. The molecule has 6 heteroatoms. The Morgan fingerprint density at radius 2 is 2.09 bits per heavy atom. The SMILES string of the molecule is CCCc1n[nH]c(=S)n1CC(=O)N1CCC[C@H]2CCCC[C@H]21. The number of aromatic nitrogens is 3. The van der Waals surface area contributed by atoms with Crippen molar-refractivity contribution in [1.29, 1.82) is 0 Å². The van der Waals surface area contributed by atoms with Crippen molar-refractivity contribution >= 4 is 18.1 Å². The smallest absolute Gasteiger partial charge is 0.242 e. The monoisotopic (exact) mass is 322 g/mol. The Labute approximate surface area is 137 Å². The normalized spacial score (nSPS) is 25.0. The van der Waals surface area contributed by atoms with Crippen LogP contribution in [0.4, 0.5) is 0 Å². The third kappa shape index (κ3) is 3.12. The van der Waals surface area contributed by atoms with Gasteiger partial charge < -0.3 is 4.90 Å². The second kappa shape index (κ2) is 6.94. The molecule has 122 valence electrons. The molecule has 2 aliphatic rings. The van der Waals surface area contributed by atoms with E-state index in [0.717, 1.165) is 37.5 Å². The van der Waals surface area contributed by atoms with E-state index < -0.39 is 0 Å². The van der Waals surface area contributed by atoms with Gasteiger partial charge in [-0.1, -0.05) is 19.8 Å². The molecular weight excluding hydrogens is 296 g/mol. The van der Waals surface area contributed by atoms with Crippen molar-refractivity contribution in [2.75, 3.05) is 6.54 Å². The minimum Gasteiger partial charge on any atom is -0.338 e. The van der Waals surface area contributed by atoms with Gasteiger partial charge in [0.15, 0.2) is 4.77 Å². The molecule has 2 heterocycles. The zero-order chi connectivity index (χ0) is 15.5. The molecule has 1 aromatic rings. The summed E-state index contributed by atoms with van der Waals surface area (Å²) in [7, 11) is 0. The molecule has 0 bridgehead atoms. The lowest BCUT2D eigenvalue weighted by atomic mass is 9.78. The second-order valence-corrected chi connectivity index (χ2v) is 7.01. The minimum atomic E-state index is 0.214. The summed E-state index contributed by atoms with van der Waals surface area (Å²) in [6.07, 6.45) is 9.35. The van der Waals surface area contributed by atoms with Crippen LogP contribution in [0.5, 0.6) is 0 Å². The Morgan fingerprint density at radius 1 is 1.32 bits per heavy atom. The molecule has 2 fully saturated rings. The van der Waals surface area contributed by atoms with Gasteiger partial charge in [-0.15, -0.1) is 0 Å². The molecule has 1 saturated carbocycles. The lowest BCUT2D eigenvalue weighted by molar-refractivity contribution is -0.138. The van der Waals surface area contributed by atoms with Gasteiger partial charge in [-0.3, -0.25) is 14.5 Å². The lowest BCUT2D eigenvalue weighted by Crippen LogP contribution is -2.50. The van der Waals surface area contributed by atoms with Gasteiger partial charge in [0, 0.05) is 19.0 Å². The maximum Gasteiger partial charge on any atom is 0.242 e. The minimum absolute atomic E-state index is 0.214. The molecule has 1 aliphatic carbocycles. The van der Waals surface area contributed by atoms with Gasteiger partial charge in [-0.25, -0.2) is 0 Å². The number of aryl methyl sites for hydroxylation is 1. The van der Waals surface area contributed by atoms with Crippen LogP contribution in [-0.2, 0) is 17.8 Å². The van der Waals surface area contributed by atoms with Crippen molar-refractivity contribution in [2.24, 2.45) is 5.92 Å². The first-order chi connectivity index (χ1) is 10.7. The number of hydrogen-bond donors (Lipinski definition) is 1. The first-order valence-electron chi connectivity index (χ1n) is 8.64. The number of amides is 1. The number of nitrogens with one attached hydrogen (secondary N) is 1. The Hall–Kier alpha value is -1.17. The standard InChI is InChI=1S/C16H26N4OS/c1-2-6-14-17-18-16(22)20(14)11-15(21)19-10-5-8-12-7-3-4-9-13(12)19/h12-13H,2-11H2,1H3,(H,18,22)/t12-,13-/m1/s1. The highest BCUT2D eigenvalue weighted by Gasteiger charge is 2.35. The van der Waals surface area contributed by atoms with E-state index >= 15 is 0 Å². The van der Waals surface area contributed by atoms with Gasteiger partial charge in [0.1, 0.15) is 12.4 Å². The van der Waals surface area contributed by atoms with Crippen LogP contribution in [0.1, 0.15) is 57.7 Å². The zero-order valence-electron chi connectivity index (χ0n) is 13.4. The molecule has 0 aromatic carbocycles. The van der Waals surface area contributed by atoms with Crippen LogP contribution in [0.15, 0.2) is 0 Å². The highest BCUT2D eigenvalue weighted by molar-refractivity contribution is 7.71. The number of hydrogen-bond acceptors (Lipinski definition) is 3. The first-order valence-corrected chi connectivity index (χ1v) is 9.05. The van der Waals surface area contributed by atoms with Crippen LogP contribution in [0, 0.1) is 10.7 Å². The molecule has 22 heavy (non-hydrogen) atoms. The maximum atomic E-state index is 12.8. The highest BCUT2D eigenvalue weighted by atomic mass is 32.1. The molecule has 1 amide bonds. The van der Waals surface area contributed by atoms with Crippen LogP contribution < -0.4 is 0 Å². The topological polar surface area (TPSA) is 53.9 Å². The summed E-state index contributed by atoms with van der Waals surface area (Å²) in [5, 5.41) is 7.09. The van der Waals surface area contributed by atoms with Crippen molar-refractivity contribution < 1.29 is 4.79 Å². The summed E-state index contributed by atoms with van der Waals surface area (Å²) in [6.45, 7) is 3.36. The van der Waals surface area contributed by atoms with Gasteiger partial charge in [-0.2, -0.15) is 5.10 Å². The molecule has 1 N–H and O–H groups in total. The van der Waals surface area contributed by atoms with Crippen molar-refractivity contribution in [3.05, 3.63) is 10.6 Å². The molecule has 0 unspecified atom stereocenters. The quantitative estimate of drug-likeness (QED) is 0.867. The summed E-state index contributed by atoms with van der Waals surface area (Å²) in [6, 6.07) is 0.464. The van der Waals surface area contributed by atoms with E-state index in [1.165, 1.54) is 32.1 Å². The number of fused-ring (bicyclic) bond motifs is 1. The summed E-state index contributed by atoms with van der Waals surface area (Å²) in [4.78, 5) is 15.0. The van der Waals surface area contributed by atoms with Gasteiger partial charge in [-0.05, 0) is 50.2 Å². The fourth-order valence-electron chi connectivity index (χ4n) is 4.09. The summed E-state index contributed by atoms with van der Waals surface area (Å²) < 4.78 is 2.45. The Balaban J connectivity index is 1.73. The molecule has 0 spiro atoms. The van der Waals surface area contributed by atoms with Gasteiger partial charge in [0.2, 0.25) is 5.91 Å². The van der Waals surface area contributed by atoms with Gasteiger partial charge in [0.25, 0.3) is 0 Å². The van der Waals surface area contributed by atoms with Crippen LogP contribution in [0.25, 0.3) is 0 Å². The van der Waals surface area contributed by atoms with Crippen LogP contribution in [0.3, 0.4) is 0 Å². The summed E-state index contributed by atoms with van der Waals surface area (Å²) >= 11 is 5.30. The lowest BCUT2D eigenvalue weighted by Gasteiger charge is -2.44. The highest BCUT2D eigenvalue weighted by Crippen LogP contribution is 2.35. The van der Waals surface area contributed by atoms with E-state index in [4.69, 9.17) is 12.2 Å². The molecule has 5 nitrogen and oxygen atoms in total. The zero-order valence-corrected chi connectivity index (χ0v) is 14.2. The predicted octanol–water partition coefficient (Wildman–Crippen LogP) is 3.07. The molecule has 1 saturated heterocycles. The van der Waals surface area contributed by atoms with E-state index in [2.05, 4.69) is 22.0 Å². The van der Waals surface area contributed by atoms with Crippen LogP contribution >= 0.6 is 12.2 Å². The number of likely N-dealkylation sites (tertiary alicyclic amines) is 1. The van der Waals surface area contributed by atoms with Gasteiger partial charge in [0.05, 0.1) is 0 Å². The Kier molecular flexibility index (Phi) is 4.96. The number of aromatic amines is 1. The third-order valence-electron chi connectivity index (χ3n) is 5.17. The number of piperidine rings is 1. The number of H-pyrrole nitrogens is 1. The number of carbonyl (C=O) groups is 1. The second-order valence-electron chi connectivity index (χ2n) is 6.62. The first kappa shape index (κ1) is 15.7. The van der Waals surface area contributed by atoms with E-state index in [1.54, 1.807) is 0 Å².